The first kappa shape index (κ1) is 19.7. The molecule has 0 bridgehead atoms. The fourth-order valence-electron chi connectivity index (χ4n) is 3.86. The molecular formula is C17H33N3O3S. The summed E-state index contributed by atoms with van der Waals surface area (Å²) in [6, 6.07) is 0. The van der Waals surface area contributed by atoms with Crippen molar-refractivity contribution >= 4 is 16.1 Å². The van der Waals surface area contributed by atoms with E-state index < -0.39 is 10.2 Å². The van der Waals surface area contributed by atoms with Crippen molar-refractivity contribution in [3.63, 3.8) is 0 Å². The molecule has 24 heavy (non-hydrogen) atoms. The van der Waals surface area contributed by atoms with Crippen molar-refractivity contribution in [2.24, 2.45) is 17.8 Å². The second kappa shape index (κ2) is 8.63. The minimum atomic E-state index is -3.46. The number of rotatable bonds is 6. The number of hydrogen-bond acceptors (Lipinski definition) is 3. The van der Waals surface area contributed by atoms with E-state index >= 15 is 0 Å². The summed E-state index contributed by atoms with van der Waals surface area (Å²) in [4.78, 5) is 12.3. The lowest BCUT2D eigenvalue weighted by Gasteiger charge is -2.39. The predicted molar refractivity (Wildman–Crippen MR) is 95.7 cm³/mol. The van der Waals surface area contributed by atoms with Gasteiger partial charge in [-0.25, -0.2) is 0 Å². The topological polar surface area (TPSA) is 69.7 Å². The molecule has 6 nitrogen and oxygen atoms in total. The number of nitrogens with one attached hydrogen (secondary N) is 1. The predicted octanol–water partition coefficient (Wildman–Crippen LogP) is 1.84. The van der Waals surface area contributed by atoms with Crippen LogP contribution in [0.25, 0.3) is 0 Å². The van der Waals surface area contributed by atoms with Gasteiger partial charge in [0.15, 0.2) is 0 Å². The quantitative estimate of drug-likeness (QED) is 0.736. The number of piperidine rings is 2. The largest absolute Gasteiger partial charge is 0.356 e. The molecule has 7 heteroatoms. The van der Waals surface area contributed by atoms with Crippen LogP contribution in [-0.4, -0.2) is 55.7 Å². The Kier molecular flexibility index (Phi) is 7.07. The van der Waals surface area contributed by atoms with Crippen LogP contribution in [0.3, 0.4) is 0 Å². The van der Waals surface area contributed by atoms with Gasteiger partial charge in [0.25, 0.3) is 10.2 Å². The van der Waals surface area contributed by atoms with Crippen molar-refractivity contribution in [1.82, 2.24) is 13.9 Å². The minimum Gasteiger partial charge on any atom is -0.356 e. The number of hydrogen-bond donors (Lipinski definition) is 1. The monoisotopic (exact) mass is 359 g/mol. The Balaban J connectivity index is 1.98. The lowest BCUT2D eigenvalue weighted by Crippen LogP contribution is -2.53. The van der Waals surface area contributed by atoms with Gasteiger partial charge in [0, 0.05) is 32.7 Å². The SMILES string of the molecule is CCCCNC(=O)C1CCCN(S(=O)(=O)N2CC(C)CC(C)C2)C1. The highest BCUT2D eigenvalue weighted by molar-refractivity contribution is 7.86. The molecule has 0 spiro atoms. The van der Waals surface area contributed by atoms with Gasteiger partial charge in [-0.05, 0) is 37.5 Å². The zero-order chi connectivity index (χ0) is 17.7. The summed E-state index contributed by atoms with van der Waals surface area (Å²) in [7, 11) is -3.46. The van der Waals surface area contributed by atoms with E-state index in [0.717, 1.165) is 32.1 Å². The van der Waals surface area contributed by atoms with E-state index in [9.17, 15) is 13.2 Å². The molecule has 1 N–H and O–H groups in total. The van der Waals surface area contributed by atoms with E-state index in [2.05, 4.69) is 26.1 Å². The van der Waals surface area contributed by atoms with Crippen molar-refractivity contribution in [3.05, 3.63) is 0 Å². The molecule has 0 saturated carbocycles. The third kappa shape index (κ3) is 4.92. The van der Waals surface area contributed by atoms with Crippen molar-refractivity contribution in [3.8, 4) is 0 Å². The Morgan fingerprint density at radius 1 is 1.12 bits per heavy atom. The van der Waals surface area contributed by atoms with Crippen LogP contribution in [0.4, 0.5) is 0 Å². The summed E-state index contributed by atoms with van der Waals surface area (Å²) in [5, 5.41) is 2.94. The first-order chi connectivity index (χ1) is 11.3. The van der Waals surface area contributed by atoms with Crippen LogP contribution in [0.5, 0.6) is 0 Å². The highest BCUT2D eigenvalue weighted by Gasteiger charge is 2.38. The molecule has 2 saturated heterocycles. The Morgan fingerprint density at radius 3 is 2.42 bits per heavy atom. The maximum atomic E-state index is 13.0. The van der Waals surface area contributed by atoms with Gasteiger partial charge in [0.2, 0.25) is 5.91 Å². The maximum absolute atomic E-state index is 13.0. The zero-order valence-electron chi connectivity index (χ0n) is 15.3. The Hall–Kier alpha value is -0.660. The Labute approximate surface area is 147 Å². The van der Waals surface area contributed by atoms with Gasteiger partial charge >= 0.3 is 0 Å². The van der Waals surface area contributed by atoms with Crippen LogP contribution in [0, 0.1) is 17.8 Å². The van der Waals surface area contributed by atoms with Crippen molar-refractivity contribution in [2.75, 3.05) is 32.7 Å². The Bertz CT molecular complexity index is 513. The number of amides is 1. The Morgan fingerprint density at radius 2 is 1.79 bits per heavy atom. The molecule has 2 heterocycles. The molecule has 2 aliphatic heterocycles. The fourth-order valence-corrected chi connectivity index (χ4v) is 5.80. The van der Waals surface area contributed by atoms with E-state index in [1.807, 2.05) is 0 Å². The van der Waals surface area contributed by atoms with E-state index in [4.69, 9.17) is 0 Å². The molecule has 2 aliphatic rings. The summed E-state index contributed by atoms with van der Waals surface area (Å²) in [6.07, 6.45) is 4.61. The summed E-state index contributed by atoms with van der Waals surface area (Å²) in [5.74, 6) is 0.566. The summed E-state index contributed by atoms with van der Waals surface area (Å²) >= 11 is 0. The van der Waals surface area contributed by atoms with Crippen LogP contribution in [0.1, 0.15) is 52.9 Å². The molecule has 2 fully saturated rings. The third-order valence-electron chi connectivity index (χ3n) is 5.07. The molecule has 3 unspecified atom stereocenters. The lowest BCUT2D eigenvalue weighted by atomic mass is 9.94. The van der Waals surface area contributed by atoms with Crippen LogP contribution in [-0.2, 0) is 15.0 Å². The molecule has 2 rings (SSSR count). The van der Waals surface area contributed by atoms with Gasteiger partial charge in [-0.2, -0.15) is 17.0 Å². The van der Waals surface area contributed by atoms with E-state index in [0.29, 0.717) is 44.6 Å². The maximum Gasteiger partial charge on any atom is 0.282 e. The molecule has 0 aromatic carbocycles. The lowest BCUT2D eigenvalue weighted by molar-refractivity contribution is -0.126. The standard InChI is InChI=1S/C17H33N3O3S/c1-4-5-8-18-17(21)16-7-6-9-19(13-16)24(22,23)20-11-14(2)10-15(3)12-20/h14-16H,4-13H2,1-3H3,(H,18,21). The van der Waals surface area contributed by atoms with Gasteiger partial charge in [0.1, 0.15) is 0 Å². The van der Waals surface area contributed by atoms with Gasteiger partial charge in [-0.3, -0.25) is 4.79 Å². The molecule has 140 valence electrons. The summed E-state index contributed by atoms with van der Waals surface area (Å²) in [6.45, 7) is 9.02. The highest BCUT2D eigenvalue weighted by Crippen LogP contribution is 2.27. The van der Waals surface area contributed by atoms with Crippen LogP contribution >= 0.6 is 0 Å². The summed E-state index contributed by atoms with van der Waals surface area (Å²) < 4.78 is 29.1. The van der Waals surface area contributed by atoms with E-state index in [-0.39, 0.29) is 11.8 Å². The third-order valence-corrected chi connectivity index (χ3v) is 7.01. The van der Waals surface area contributed by atoms with Gasteiger partial charge in [-0.1, -0.05) is 27.2 Å². The molecule has 1 amide bonds. The number of carbonyl (C=O) groups is 1. The zero-order valence-corrected chi connectivity index (χ0v) is 16.1. The normalized spacial score (nSPS) is 30.2. The first-order valence-corrected chi connectivity index (χ1v) is 10.8. The molecule has 0 aromatic heterocycles. The van der Waals surface area contributed by atoms with E-state index in [1.165, 1.54) is 4.31 Å². The van der Waals surface area contributed by atoms with Crippen molar-refractivity contribution < 1.29 is 13.2 Å². The molecule has 0 aromatic rings. The second-order valence-electron chi connectivity index (χ2n) is 7.61. The molecule has 3 atom stereocenters. The van der Waals surface area contributed by atoms with Gasteiger partial charge < -0.3 is 5.32 Å². The minimum absolute atomic E-state index is 0.00345. The molecular weight excluding hydrogens is 326 g/mol. The van der Waals surface area contributed by atoms with Gasteiger partial charge in [0.05, 0.1) is 5.92 Å². The average molecular weight is 360 g/mol. The smallest absolute Gasteiger partial charge is 0.282 e. The molecule has 0 radical (unpaired) electrons. The van der Waals surface area contributed by atoms with Crippen molar-refractivity contribution in [1.29, 1.82) is 0 Å². The number of nitrogens with zero attached hydrogens (tertiary/aromatic N) is 2. The van der Waals surface area contributed by atoms with Gasteiger partial charge in [-0.15, -0.1) is 0 Å². The molecule has 0 aliphatic carbocycles. The second-order valence-corrected chi connectivity index (χ2v) is 9.54. The van der Waals surface area contributed by atoms with Crippen LogP contribution < -0.4 is 5.32 Å². The van der Waals surface area contributed by atoms with Crippen LogP contribution in [0.2, 0.25) is 0 Å². The van der Waals surface area contributed by atoms with Crippen LogP contribution in [0.15, 0.2) is 0 Å². The number of unbranched alkanes of at least 4 members (excludes halogenated alkanes) is 1. The number of carbonyl (C=O) groups excluding carboxylic acids is 1. The highest BCUT2D eigenvalue weighted by atomic mass is 32.2. The average Bonchev–Trinajstić information content (AvgIpc) is 2.54. The van der Waals surface area contributed by atoms with Crippen molar-refractivity contribution in [2.45, 2.75) is 52.9 Å². The first-order valence-electron chi connectivity index (χ1n) is 9.37. The fraction of sp³-hybridized carbons (Fsp3) is 0.941. The summed E-state index contributed by atoms with van der Waals surface area (Å²) in [5.41, 5.74) is 0. The van der Waals surface area contributed by atoms with E-state index in [1.54, 1.807) is 4.31 Å².